The van der Waals surface area contributed by atoms with Gasteiger partial charge in [-0.25, -0.2) is 4.79 Å². The molecule has 3 aromatic carbocycles. The van der Waals surface area contributed by atoms with Crippen molar-refractivity contribution in [2.75, 3.05) is 4.90 Å². The van der Waals surface area contributed by atoms with Crippen molar-refractivity contribution < 1.29 is 19.5 Å². The highest BCUT2D eigenvalue weighted by Crippen LogP contribution is 2.25. The van der Waals surface area contributed by atoms with Crippen LogP contribution in [-0.2, 0) is 9.59 Å². The number of carbonyl (C=O) groups is 3. The lowest BCUT2D eigenvalue weighted by Gasteiger charge is -2.28. The van der Waals surface area contributed by atoms with E-state index in [9.17, 15) is 14.4 Å². The first-order valence-electron chi connectivity index (χ1n) is 9.44. The molecule has 4 rings (SSSR count). The van der Waals surface area contributed by atoms with E-state index in [1.165, 1.54) is 23.1 Å². The number of nitrogens with one attached hydrogen (secondary N) is 1. The molecular weight excluding hydrogens is 448 g/mol. The summed E-state index contributed by atoms with van der Waals surface area (Å²) in [7, 11) is 0. The van der Waals surface area contributed by atoms with Crippen molar-refractivity contribution >= 4 is 58.5 Å². The number of carbonyl (C=O) groups excluding carboxylic acids is 2. The number of anilines is 1. The number of rotatable bonds is 4. The van der Waals surface area contributed by atoms with Crippen molar-refractivity contribution in [2.45, 2.75) is 0 Å². The second kappa shape index (κ2) is 8.74. The molecule has 0 bridgehead atoms. The predicted octanol–water partition coefficient (Wildman–Crippen LogP) is 4.54. The van der Waals surface area contributed by atoms with Crippen LogP contribution in [0.2, 0.25) is 5.02 Å². The number of hydrogen-bond donors (Lipinski definition) is 2. The molecule has 0 spiro atoms. The maximum Gasteiger partial charge on any atom is 0.335 e. The zero-order chi connectivity index (χ0) is 22.8. The second-order valence-corrected chi connectivity index (χ2v) is 7.76. The van der Waals surface area contributed by atoms with Crippen molar-refractivity contribution in [3.8, 4) is 11.1 Å². The van der Waals surface area contributed by atoms with E-state index >= 15 is 0 Å². The van der Waals surface area contributed by atoms with Crippen LogP contribution in [-0.4, -0.2) is 28.0 Å². The topological polar surface area (TPSA) is 86.7 Å². The fourth-order valence-electron chi connectivity index (χ4n) is 3.23. The molecule has 2 N–H and O–H groups in total. The Kier molecular flexibility index (Phi) is 5.85. The summed E-state index contributed by atoms with van der Waals surface area (Å²) in [5.74, 6) is -2.09. The number of thiocarbonyl (C=S) groups is 1. The van der Waals surface area contributed by atoms with E-state index in [1.54, 1.807) is 48.5 Å². The van der Waals surface area contributed by atoms with Gasteiger partial charge in [-0.2, -0.15) is 0 Å². The van der Waals surface area contributed by atoms with E-state index in [4.69, 9.17) is 28.9 Å². The lowest BCUT2D eigenvalue weighted by atomic mass is 10.0. The maximum absolute atomic E-state index is 13.0. The highest BCUT2D eigenvalue weighted by Gasteiger charge is 2.34. The van der Waals surface area contributed by atoms with Gasteiger partial charge < -0.3 is 5.11 Å². The van der Waals surface area contributed by atoms with E-state index < -0.39 is 17.8 Å². The Hall–Kier alpha value is -3.81. The molecule has 32 heavy (non-hydrogen) atoms. The maximum atomic E-state index is 13.0. The van der Waals surface area contributed by atoms with Crippen LogP contribution >= 0.6 is 23.8 Å². The van der Waals surface area contributed by atoms with E-state index in [1.807, 2.05) is 12.1 Å². The molecule has 0 saturated carbocycles. The molecule has 1 fully saturated rings. The predicted molar refractivity (Wildman–Crippen MR) is 126 cm³/mol. The summed E-state index contributed by atoms with van der Waals surface area (Å²) in [6.07, 6.45) is 1.50. The number of nitrogens with zero attached hydrogens (tertiary/aromatic N) is 1. The van der Waals surface area contributed by atoms with Crippen molar-refractivity contribution in [2.24, 2.45) is 0 Å². The first-order chi connectivity index (χ1) is 15.3. The lowest BCUT2D eigenvalue weighted by Crippen LogP contribution is -2.54. The average Bonchev–Trinajstić information content (AvgIpc) is 2.78. The zero-order valence-corrected chi connectivity index (χ0v) is 18.0. The molecule has 3 aromatic rings. The second-order valence-electron chi connectivity index (χ2n) is 6.94. The lowest BCUT2D eigenvalue weighted by molar-refractivity contribution is -0.122. The molecule has 0 unspecified atom stereocenters. The molecule has 1 aliphatic heterocycles. The number of amides is 2. The minimum absolute atomic E-state index is 0.000344. The first-order valence-corrected chi connectivity index (χ1v) is 10.2. The number of halogens is 1. The summed E-state index contributed by atoms with van der Waals surface area (Å²) in [5.41, 5.74) is 3.02. The molecular formula is C24H15ClN2O4S. The van der Waals surface area contributed by atoms with Gasteiger partial charge in [0.15, 0.2) is 5.11 Å². The van der Waals surface area contributed by atoms with Gasteiger partial charge in [-0.1, -0.05) is 48.0 Å². The molecule has 1 aliphatic rings. The smallest absolute Gasteiger partial charge is 0.335 e. The van der Waals surface area contributed by atoms with Crippen LogP contribution in [0.3, 0.4) is 0 Å². The fourth-order valence-corrected chi connectivity index (χ4v) is 3.63. The summed E-state index contributed by atoms with van der Waals surface area (Å²) in [6, 6.07) is 20.3. The van der Waals surface area contributed by atoms with E-state index in [2.05, 4.69) is 5.32 Å². The highest BCUT2D eigenvalue weighted by molar-refractivity contribution is 7.80. The van der Waals surface area contributed by atoms with E-state index in [0.29, 0.717) is 16.3 Å². The largest absolute Gasteiger partial charge is 0.478 e. The molecule has 1 saturated heterocycles. The molecule has 158 valence electrons. The Morgan fingerprint density at radius 3 is 2.03 bits per heavy atom. The van der Waals surface area contributed by atoms with Crippen molar-refractivity contribution in [3.63, 3.8) is 0 Å². The van der Waals surface area contributed by atoms with E-state index in [-0.39, 0.29) is 16.2 Å². The molecule has 1 heterocycles. The quantitative estimate of drug-likeness (QED) is 0.338. The third-order valence-electron chi connectivity index (χ3n) is 4.87. The molecule has 2 amide bonds. The normalized spacial score (nSPS) is 15.1. The molecule has 0 atom stereocenters. The Balaban J connectivity index is 1.61. The summed E-state index contributed by atoms with van der Waals surface area (Å²) < 4.78 is 0. The number of carboxylic acids is 1. The van der Waals surface area contributed by atoms with Crippen molar-refractivity contribution in [1.29, 1.82) is 0 Å². The van der Waals surface area contributed by atoms with Crippen LogP contribution in [0.4, 0.5) is 5.69 Å². The van der Waals surface area contributed by atoms with E-state index in [0.717, 1.165) is 11.1 Å². The van der Waals surface area contributed by atoms with Crippen LogP contribution in [0.1, 0.15) is 15.9 Å². The molecule has 6 nitrogen and oxygen atoms in total. The van der Waals surface area contributed by atoms with Crippen LogP contribution in [0, 0.1) is 0 Å². The average molecular weight is 463 g/mol. The van der Waals surface area contributed by atoms with Crippen LogP contribution < -0.4 is 10.2 Å². The molecule has 8 heteroatoms. The monoisotopic (exact) mass is 462 g/mol. The van der Waals surface area contributed by atoms with Gasteiger partial charge in [-0.05, 0) is 71.4 Å². The third kappa shape index (κ3) is 4.30. The Morgan fingerprint density at radius 1 is 0.906 bits per heavy atom. The minimum atomic E-state index is -0.985. The van der Waals surface area contributed by atoms with Gasteiger partial charge in [0.25, 0.3) is 11.8 Å². The van der Waals surface area contributed by atoms with Gasteiger partial charge in [0, 0.05) is 5.02 Å². The van der Waals surface area contributed by atoms with Crippen LogP contribution in [0.15, 0.2) is 78.4 Å². The van der Waals surface area contributed by atoms with Gasteiger partial charge in [0.1, 0.15) is 5.57 Å². The number of benzene rings is 3. The van der Waals surface area contributed by atoms with Gasteiger partial charge in [-0.15, -0.1) is 0 Å². The van der Waals surface area contributed by atoms with Gasteiger partial charge in [-0.3, -0.25) is 19.8 Å². The fraction of sp³-hybridized carbons (Fsp3) is 0. The van der Waals surface area contributed by atoms with Crippen LogP contribution in [0.5, 0.6) is 0 Å². The summed E-state index contributed by atoms with van der Waals surface area (Å²) in [5, 5.41) is 12.1. The Labute approximate surface area is 193 Å². The van der Waals surface area contributed by atoms with Gasteiger partial charge in [0.05, 0.1) is 11.3 Å². The molecule has 0 aromatic heterocycles. The standard InChI is InChI=1S/C24H15ClN2O4S/c25-18-9-11-19(12-10-18)27-22(29)20(21(28)26-24(27)32)13-14-1-3-15(4-2-14)16-5-7-17(8-6-16)23(30)31/h1-13H,(H,30,31)(H,26,28,32)/b20-13-. The number of aromatic carboxylic acids is 1. The van der Waals surface area contributed by atoms with Crippen LogP contribution in [0.25, 0.3) is 17.2 Å². The van der Waals surface area contributed by atoms with Crippen molar-refractivity contribution in [1.82, 2.24) is 5.32 Å². The number of carboxylic acid groups (broad SMARTS) is 1. The summed E-state index contributed by atoms with van der Waals surface area (Å²) in [4.78, 5) is 37.7. The third-order valence-corrected chi connectivity index (χ3v) is 5.41. The first kappa shape index (κ1) is 21.4. The zero-order valence-electron chi connectivity index (χ0n) is 16.4. The number of hydrogen-bond acceptors (Lipinski definition) is 4. The summed E-state index contributed by atoms with van der Waals surface area (Å²) in [6.45, 7) is 0. The van der Waals surface area contributed by atoms with Crippen molar-refractivity contribution in [3.05, 3.63) is 94.5 Å². The molecule has 0 radical (unpaired) electrons. The summed E-state index contributed by atoms with van der Waals surface area (Å²) >= 11 is 11.1. The Bertz CT molecular complexity index is 1270. The van der Waals surface area contributed by atoms with Gasteiger partial charge in [0.2, 0.25) is 0 Å². The SMILES string of the molecule is O=C1NC(=S)N(c2ccc(Cl)cc2)C(=O)/C1=C\c1ccc(-c2ccc(C(=O)O)cc2)cc1. The Morgan fingerprint density at radius 2 is 1.47 bits per heavy atom. The van der Waals surface area contributed by atoms with Gasteiger partial charge >= 0.3 is 5.97 Å². The highest BCUT2D eigenvalue weighted by atomic mass is 35.5. The minimum Gasteiger partial charge on any atom is -0.478 e. The molecule has 0 aliphatic carbocycles.